The second-order valence-electron chi connectivity index (χ2n) is 6.23. The van der Waals surface area contributed by atoms with Crippen molar-refractivity contribution in [2.75, 3.05) is 6.61 Å². The molecule has 0 bridgehead atoms. The maximum Gasteiger partial charge on any atom is 0.198 e. The lowest BCUT2D eigenvalue weighted by Gasteiger charge is -2.44. The average Bonchev–Trinajstić information content (AvgIpc) is 2.53. The lowest BCUT2D eigenvalue weighted by Crippen LogP contribution is -2.49. The van der Waals surface area contributed by atoms with E-state index in [1.807, 2.05) is 6.92 Å². The van der Waals surface area contributed by atoms with Crippen molar-refractivity contribution in [2.45, 2.75) is 58.2 Å². The number of hydrogen-bond acceptors (Lipinski definition) is 2. The highest BCUT2D eigenvalue weighted by molar-refractivity contribution is 6.76. The van der Waals surface area contributed by atoms with Crippen LogP contribution in [0.1, 0.15) is 41.0 Å². The fourth-order valence-electron chi connectivity index (χ4n) is 3.53. The van der Waals surface area contributed by atoms with Crippen molar-refractivity contribution < 1.29 is 9.22 Å². The second kappa shape index (κ2) is 4.36. The Bertz CT molecular complexity index is 360. The van der Waals surface area contributed by atoms with Gasteiger partial charge >= 0.3 is 0 Å². The molecule has 1 atom stereocenters. The predicted molar refractivity (Wildman–Crippen MR) is 72.5 cm³/mol. The van der Waals surface area contributed by atoms with E-state index in [0.717, 1.165) is 24.6 Å². The summed E-state index contributed by atoms with van der Waals surface area (Å²) in [4.78, 5) is 11.8. The van der Waals surface area contributed by atoms with Crippen LogP contribution in [0, 0.1) is 5.92 Å². The summed E-state index contributed by atoms with van der Waals surface area (Å²) in [6.07, 6.45) is 0.749. The number of hydrogen-bond donors (Lipinski definition) is 0. The highest BCUT2D eigenvalue weighted by Crippen LogP contribution is 2.48. The molecule has 2 aliphatic rings. The minimum atomic E-state index is -1.67. The Hall–Kier alpha value is -0.413. The summed E-state index contributed by atoms with van der Waals surface area (Å²) < 4.78 is 6.35. The van der Waals surface area contributed by atoms with Gasteiger partial charge in [0.2, 0.25) is 0 Å². The maximum atomic E-state index is 11.8. The topological polar surface area (TPSA) is 26.3 Å². The summed E-state index contributed by atoms with van der Waals surface area (Å²) in [6, 6.07) is 1.15. The summed E-state index contributed by atoms with van der Waals surface area (Å²) in [6.45, 7) is 11.9. The average molecular weight is 252 g/mol. The van der Waals surface area contributed by atoms with Crippen LogP contribution in [0.4, 0.5) is 0 Å². The molecule has 1 saturated heterocycles. The van der Waals surface area contributed by atoms with Crippen molar-refractivity contribution in [2.24, 2.45) is 5.92 Å². The van der Waals surface area contributed by atoms with Gasteiger partial charge in [0.25, 0.3) is 0 Å². The third kappa shape index (κ3) is 1.93. The number of fused-ring (bicyclic) bond motifs is 1. The lowest BCUT2D eigenvalue weighted by atomic mass is 10.0. The van der Waals surface area contributed by atoms with Gasteiger partial charge in [-0.15, -0.1) is 0 Å². The Labute approximate surface area is 106 Å². The number of allylic oxidation sites excluding steroid dienone is 1. The third-order valence-electron chi connectivity index (χ3n) is 4.84. The van der Waals surface area contributed by atoms with Gasteiger partial charge in [-0.3, -0.25) is 4.79 Å². The first-order valence-corrected chi connectivity index (χ1v) is 9.02. The molecule has 1 heterocycles. The van der Waals surface area contributed by atoms with Gasteiger partial charge in [-0.2, -0.15) is 0 Å². The number of rotatable bonds is 2. The second-order valence-corrected chi connectivity index (χ2v) is 11.1. The summed E-state index contributed by atoms with van der Waals surface area (Å²) in [5.41, 5.74) is 3.57. The normalized spacial score (nSPS) is 28.2. The quantitative estimate of drug-likeness (QED) is 0.701. The van der Waals surface area contributed by atoms with Gasteiger partial charge in [0, 0.05) is 6.42 Å². The van der Waals surface area contributed by atoms with Crippen molar-refractivity contribution in [3.63, 3.8) is 0 Å². The molecule has 1 aliphatic carbocycles. The van der Waals surface area contributed by atoms with E-state index in [2.05, 4.69) is 27.7 Å². The van der Waals surface area contributed by atoms with E-state index < -0.39 is 8.32 Å². The fourth-order valence-corrected chi connectivity index (χ4v) is 8.18. The fraction of sp³-hybridized carbons (Fsp3) is 0.786. The molecule has 96 valence electrons. The molecule has 17 heavy (non-hydrogen) atoms. The molecule has 0 N–H and O–H groups in total. The van der Waals surface area contributed by atoms with E-state index in [9.17, 15) is 4.79 Å². The van der Waals surface area contributed by atoms with Gasteiger partial charge in [0.05, 0.1) is 6.61 Å². The SMILES string of the molecule is CC1=C2CO[Si](C(C)C)(C(C)C)CC2CC1=O. The van der Waals surface area contributed by atoms with Gasteiger partial charge in [0.1, 0.15) is 0 Å². The summed E-state index contributed by atoms with van der Waals surface area (Å²) >= 11 is 0. The maximum absolute atomic E-state index is 11.8. The van der Waals surface area contributed by atoms with E-state index in [1.165, 1.54) is 5.57 Å². The molecule has 0 aromatic heterocycles. The summed E-state index contributed by atoms with van der Waals surface area (Å²) in [5, 5.41) is 0. The molecule has 0 spiro atoms. The third-order valence-corrected chi connectivity index (χ3v) is 10.6. The zero-order valence-electron chi connectivity index (χ0n) is 11.7. The Balaban J connectivity index is 2.27. The molecule has 1 fully saturated rings. The van der Waals surface area contributed by atoms with Gasteiger partial charge < -0.3 is 4.43 Å². The molecule has 0 aromatic carbocycles. The van der Waals surface area contributed by atoms with Gasteiger partial charge in [-0.1, -0.05) is 27.7 Å². The molecular formula is C14H24O2Si. The highest BCUT2D eigenvalue weighted by Gasteiger charge is 2.49. The van der Waals surface area contributed by atoms with Crippen LogP contribution in [-0.4, -0.2) is 20.7 Å². The molecule has 0 saturated carbocycles. The van der Waals surface area contributed by atoms with Gasteiger partial charge in [-0.25, -0.2) is 0 Å². The number of ketones is 1. The molecule has 1 unspecified atom stereocenters. The van der Waals surface area contributed by atoms with Crippen LogP contribution in [-0.2, 0) is 9.22 Å². The summed E-state index contributed by atoms with van der Waals surface area (Å²) in [5.74, 6) is 0.860. The number of carbonyl (C=O) groups excluding carboxylic acids is 1. The minimum absolute atomic E-state index is 0.353. The largest absolute Gasteiger partial charge is 0.412 e. The van der Waals surface area contributed by atoms with Gasteiger partial charge in [-0.05, 0) is 41.1 Å². The van der Waals surface area contributed by atoms with Crippen LogP contribution >= 0.6 is 0 Å². The first-order chi connectivity index (χ1) is 7.88. The molecule has 1 aliphatic heterocycles. The van der Waals surface area contributed by atoms with Gasteiger partial charge in [0.15, 0.2) is 14.1 Å². The van der Waals surface area contributed by atoms with Crippen LogP contribution in [0.25, 0.3) is 0 Å². The molecule has 0 aromatic rings. The van der Waals surface area contributed by atoms with Crippen LogP contribution in [0.5, 0.6) is 0 Å². The van der Waals surface area contributed by atoms with Crippen LogP contribution in [0.3, 0.4) is 0 Å². The molecule has 2 nitrogen and oxygen atoms in total. The van der Waals surface area contributed by atoms with Crippen LogP contribution in [0.15, 0.2) is 11.1 Å². The first kappa shape index (κ1) is 13.0. The first-order valence-electron chi connectivity index (χ1n) is 6.75. The van der Waals surface area contributed by atoms with Crippen molar-refractivity contribution in [1.29, 1.82) is 0 Å². The Morgan fingerprint density at radius 3 is 2.35 bits per heavy atom. The van der Waals surface area contributed by atoms with E-state index in [-0.39, 0.29) is 0 Å². The van der Waals surface area contributed by atoms with Crippen molar-refractivity contribution >= 4 is 14.1 Å². The minimum Gasteiger partial charge on any atom is -0.412 e. The Kier molecular flexibility index (Phi) is 3.34. The number of Topliss-reactive ketones (excluding diaryl/α,β-unsaturated/α-hetero) is 1. The predicted octanol–water partition coefficient (Wildman–Crippen LogP) is 3.69. The smallest absolute Gasteiger partial charge is 0.198 e. The Morgan fingerprint density at radius 1 is 1.24 bits per heavy atom. The number of carbonyl (C=O) groups is 1. The zero-order valence-corrected chi connectivity index (χ0v) is 12.7. The molecule has 3 heteroatoms. The lowest BCUT2D eigenvalue weighted by molar-refractivity contribution is -0.115. The molecule has 0 amide bonds. The van der Waals surface area contributed by atoms with Crippen LogP contribution in [0.2, 0.25) is 17.1 Å². The molecule has 0 radical (unpaired) electrons. The highest BCUT2D eigenvalue weighted by atomic mass is 28.4. The molecular weight excluding hydrogens is 228 g/mol. The zero-order chi connectivity index (χ0) is 12.8. The van der Waals surface area contributed by atoms with E-state index in [4.69, 9.17) is 4.43 Å². The van der Waals surface area contributed by atoms with E-state index in [1.54, 1.807) is 0 Å². The monoisotopic (exact) mass is 252 g/mol. The van der Waals surface area contributed by atoms with Crippen molar-refractivity contribution in [3.05, 3.63) is 11.1 Å². The van der Waals surface area contributed by atoms with Crippen molar-refractivity contribution in [1.82, 2.24) is 0 Å². The standard InChI is InChI=1S/C14H24O2Si/c1-9(2)17(10(3)4)8-12-6-14(15)11(5)13(12)7-16-17/h9-10,12H,6-8H2,1-5H3. The Morgan fingerprint density at radius 2 is 1.82 bits per heavy atom. The summed E-state index contributed by atoms with van der Waals surface area (Å²) in [7, 11) is -1.67. The van der Waals surface area contributed by atoms with Crippen molar-refractivity contribution in [3.8, 4) is 0 Å². The molecule has 2 rings (SSSR count). The van der Waals surface area contributed by atoms with Crippen LogP contribution < -0.4 is 0 Å². The van der Waals surface area contributed by atoms with E-state index >= 15 is 0 Å². The van der Waals surface area contributed by atoms with E-state index in [0.29, 0.717) is 22.8 Å².